The Morgan fingerprint density at radius 3 is 2.63 bits per heavy atom. The molecular weight excluding hydrogens is 452 g/mol. The minimum absolute atomic E-state index is 0.00736. The monoisotopic (exact) mass is 477 g/mol. The average Bonchev–Trinajstić information content (AvgIpc) is 3.30. The average molecular weight is 478 g/mol. The van der Waals surface area contributed by atoms with Gasteiger partial charge in [0.05, 0.1) is 23.1 Å². The van der Waals surface area contributed by atoms with Crippen molar-refractivity contribution in [1.82, 2.24) is 24.8 Å². The van der Waals surface area contributed by atoms with Crippen molar-refractivity contribution in [3.05, 3.63) is 71.6 Å². The van der Waals surface area contributed by atoms with Crippen molar-refractivity contribution in [2.75, 3.05) is 0 Å². The number of fused-ring (bicyclic) bond motifs is 9. The van der Waals surface area contributed by atoms with E-state index in [4.69, 9.17) is 9.72 Å². The first kappa shape index (κ1) is 22.1. The van der Waals surface area contributed by atoms with Crippen LogP contribution in [0.3, 0.4) is 0 Å². The number of ether oxygens (including phenoxy) is 1. The summed E-state index contributed by atoms with van der Waals surface area (Å²) in [5.41, 5.74) is 4.05. The molecule has 0 aliphatic carbocycles. The SMILES string of the molecule is C[C@H]1N[C@@H]2C[C@H](c3c(OC(F)F)cccc31)n1c2nc2ccc(-c3cnc(C(C)(C)O)nc3)cc21. The standard InChI is InChI=1S/C26H25F2N5O2/c1-13-16-5-4-6-21(35-25(27)28)22(16)20-10-18(31-13)23-32-17-8-7-14(9-19(17)33(20)23)15-11-29-24(30-12-15)26(2,3)34/h4-9,11-13,18,20,25,31,34H,10H2,1-3H3/t13-,18-,20-/m1/s1. The molecule has 2 aromatic carbocycles. The number of imidazole rings is 1. The molecule has 0 fully saturated rings. The van der Waals surface area contributed by atoms with Crippen molar-refractivity contribution in [3.63, 3.8) is 0 Å². The maximum absolute atomic E-state index is 13.3. The molecule has 6 rings (SSSR count). The van der Waals surface area contributed by atoms with E-state index in [2.05, 4.69) is 19.9 Å². The number of aromatic nitrogens is 4. The molecule has 2 aliphatic rings. The maximum atomic E-state index is 13.3. The van der Waals surface area contributed by atoms with Crippen LogP contribution in [0, 0.1) is 0 Å². The van der Waals surface area contributed by atoms with E-state index in [0.717, 1.165) is 39.1 Å². The first-order valence-corrected chi connectivity index (χ1v) is 11.6. The highest BCUT2D eigenvalue weighted by molar-refractivity contribution is 5.83. The second-order valence-electron chi connectivity index (χ2n) is 9.73. The van der Waals surface area contributed by atoms with Crippen LogP contribution in [-0.2, 0) is 5.60 Å². The van der Waals surface area contributed by atoms with Crippen LogP contribution in [0.2, 0.25) is 0 Å². The van der Waals surface area contributed by atoms with Gasteiger partial charge in [0, 0.05) is 29.6 Å². The number of nitrogens with zero attached hydrogens (tertiary/aromatic N) is 4. The van der Waals surface area contributed by atoms with Gasteiger partial charge in [0.1, 0.15) is 17.2 Å². The molecule has 2 N–H and O–H groups in total. The van der Waals surface area contributed by atoms with Crippen molar-refractivity contribution in [3.8, 4) is 16.9 Å². The Kier molecular flexibility index (Phi) is 4.91. The molecule has 3 atom stereocenters. The molecule has 180 valence electrons. The van der Waals surface area contributed by atoms with Crippen LogP contribution < -0.4 is 10.1 Å². The number of rotatable bonds is 4. The quantitative estimate of drug-likeness (QED) is 0.429. The fraction of sp³-hybridized carbons (Fsp3) is 0.346. The third-order valence-corrected chi connectivity index (χ3v) is 6.90. The number of benzene rings is 2. The molecule has 4 aromatic rings. The Morgan fingerprint density at radius 1 is 1.14 bits per heavy atom. The summed E-state index contributed by atoms with van der Waals surface area (Å²) in [7, 11) is 0. The summed E-state index contributed by atoms with van der Waals surface area (Å²) in [6, 6.07) is 11.1. The van der Waals surface area contributed by atoms with Crippen molar-refractivity contribution in [2.45, 2.75) is 57.5 Å². The summed E-state index contributed by atoms with van der Waals surface area (Å²) in [5.74, 6) is 1.44. The van der Waals surface area contributed by atoms with E-state index in [1.54, 1.807) is 38.4 Å². The van der Waals surface area contributed by atoms with Crippen LogP contribution in [-0.4, -0.2) is 31.2 Å². The van der Waals surface area contributed by atoms with E-state index < -0.39 is 12.2 Å². The van der Waals surface area contributed by atoms with E-state index in [1.165, 1.54) is 0 Å². The lowest BCUT2D eigenvalue weighted by Gasteiger charge is -2.25. The summed E-state index contributed by atoms with van der Waals surface area (Å²) >= 11 is 0. The minimum Gasteiger partial charge on any atom is -0.434 e. The van der Waals surface area contributed by atoms with Crippen molar-refractivity contribution in [1.29, 1.82) is 0 Å². The zero-order valence-electron chi connectivity index (χ0n) is 19.5. The van der Waals surface area contributed by atoms with Gasteiger partial charge in [0.2, 0.25) is 0 Å². The van der Waals surface area contributed by atoms with Gasteiger partial charge < -0.3 is 19.7 Å². The smallest absolute Gasteiger partial charge is 0.387 e. The van der Waals surface area contributed by atoms with Crippen molar-refractivity contribution in [2.24, 2.45) is 0 Å². The van der Waals surface area contributed by atoms with Crippen LogP contribution in [0.4, 0.5) is 8.78 Å². The summed E-state index contributed by atoms with van der Waals surface area (Å²) in [6.45, 7) is 2.42. The molecule has 2 bridgehead atoms. The third-order valence-electron chi connectivity index (χ3n) is 6.90. The molecule has 0 spiro atoms. The third kappa shape index (κ3) is 3.57. The second-order valence-corrected chi connectivity index (χ2v) is 9.73. The molecular formula is C26H25F2N5O2. The Hall–Kier alpha value is -3.43. The fourth-order valence-corrected chi connectivity index (χ4v) is 5.37. The van der Waals surface area contributed by atoms with Gasteiger partial charge in [-0.15, -0.1) is 0 Å². The normalized spacial score (nSPS) is 21.2. The maximum Gasteiger partial charge on any atom is 0.387 e. The van der Waals surface area contributed by atoms with E-state index in [0.29, 0.717) is 12.2 Å². The Labute approximate surface area is 200 Å². The van der Waals surface area contributed by atoms with Gasteiger partial charge in [-0.1, -0.05) is 18.2 Å². The van der Waals surface area contributed by atoms with E-state index in [9.17, 15) is 13.9 Å². The van der Waals surface area contributed by atoms with Gasteiger partial charge in [-0.25, -0.2) is 15.0 Å². The lowest BCUT2D eigenvalue weighted by Crippen LogP contribution is -2.24. The summed E-state index contributed by atoms with van der Waals surface area (Å²) in [5, 5.41) is 13.8. The van der Waals surface area contributed by atoms with Crippen molar-refractivity contribution < 1.29 is 18.6 Å². The van der Waals surface area contributed by atoms with Crippen LogP contribution in [0.15, 0.2) is 48.8 Å². The van der Waals surface area contributed by atoms with Gasteiger partial charge in [-0.3, -0.25) is 0 Å². The van der Waals surface area contributed by atoms with Gasteiger partial charge in [0.25, 0.3) is 0 Å². The first-order chi connectivity index (χ1) is 16.7. The molecule has 7 nitrogen and oxygen atoms in total. The predicted molar refractivity (Wildman–Crippen MR) is 126 cm³/mol. The summed E-state index contributed by atoms with van der Waals surface area (Å²) in [4.78, 5) is 13.6. The van der Waals surface area contributed by atoms with E-state index >= 15 is 0 Å². The highest BCUT2D eigenvalue weighted by Gasteiger charge is 2.41. The summed E-state index contributed by atoms with van der Waals surface area (Å²) in [6.07, 6.45) is 4.09. The molecule has 9 heteroatoms. The van der Waals surface area contributed by atoms with Gasteiger partial charge in [0.15, 0.2) is 5.82 Å². The van der Waals surface area contributed by atoms with E-state index in [-0.39, 0.29) is 23.9 Å². The fourth-order valence-electron chi connectivity index (χ4n) is 5.37. The zero-order valence-corrected chi connectivity index (χ0v) is 19.5. The van der Waals surface area contributed by atoms with Gasteiger partial charge >= 0.3 is 6.61 Å². The molecule has 35 heavy (non-hydrogen) atoms. The Morgan fingerprint density at radius 2 is 1.91 bits per heavy atom. The number of aliphatic hydroxyl groups is 1. The molecule has 0 saturated carbocycles. The Balaban J connectivity index is 1.49. The molecule has 0 amide bonds. The van der Waals surface area contributed by atoms with Crippen LogP contribution in [0.25, 0.3) is 22.2 Å². The molecule has 4 heterocycles. The molecule has 0 unspecified atom stereocenters. The Bertz CT molecular complexity index is 1430. The topological polar surface area (TPSA) is 85.1 Å². The van der Waals surface area contributed by atoms with E-state index in [1.807, 2.05) is 31.2 Å². The number of halogens is 2. The minimum atomic E-state index is -2.90. The largest absolute Gasteiger partial charge is 0.434 e. The molecule has 0 radical (unpaired) electrons. The number of hydrogen-bond donors (Lipinski definition) is 2. The highest BCUT2D eigenvalue weighted by atomic mass is 19.3. The first-order valence-electron chi connectivity index (χ1n) is 11.6. The summed E-state index contributed by atoms with van der Waals surface area (Å²) < 4.78 is 33.7. The highest BCUT2D eigenvalue weighted by Crippen LogP contribution is 2.49. The predicted octanol–water partition coefficient (Wildman–Crippen LogP) is 5.02. The molecule has 2 aromatic heterocycles. The van der Waals surface area contributed by atoms with Crippen LogP contribution >= 0.6 is 0 Å². The van der Waals surface area contributed by atoms with Crippen molar-refractivity contribution >= 4 is 11.0 Å². The van der Waals surface area contributed by atoms with Crippen LogP contribution in [0.1, 0.15) is 68.1 Å². The zero-order chi connectivity index (χ0) is 24.5. The second kappa shape index (κ2) is 7.79. The lowest BCUT2D eigenvalue weighted by molar-refractivity contribution is -0.0507. The number of nitrogens with one attached hydrogen (secondary N) is 1. The lowest BCUT2D eigenvalue weighted by atomic mass is 9.95. The van der Waals surface area contributed by atoms with Gasteiger partial charge in [-0.2, -0.15) is 8.78 Å². The van der Waals surface area contributed by atoms with Gasteiger partial charge in [-0.05, 0) is 56.5 Å². The van der Waals surface area contributed by atoms with Crippen LogP contribution in [0.5, 0.6) is 5.75 Å². The number of hydrogen-bond acceptors (Lipinski definition) is 6. The number of alkyl halides is 2. The molecule has 2 aliphatic heterocycles. The molecule has 0 saturated heterocycles.